The molecule has 0 saturated carbocycles. The van der Waals surface area contributed by atoms with E-state index in [9.17, 15) is 0 Å². The van der Waals surface area contributed by atoms with E-state index in [2.05, 4.69) is 28.7 Å². The standard InChI is InChI=1S/C9H8INOS/c1-13-6-12-9-3-2-7(5-11)4-8(9)10/h2-4H,6H2,1H3. The summed E-state index contributed by atoms with van der Waals surface area (Å²) in [6, 6.07) is 7.49. The van der Waals surface area contributed by atoms with Gasteiger partial charge >= 0.3 is 0 Å². The summed E-state index contributed by atoms with van der Waals surface area (Å²) in [4.78, 5) is 0. The van der Waals surface area contributed by atoms with Gasteiger partial charge in [0.05, 0.1) is 15.2 Å². The summed E-state index contributed by atoms with van der Waals surface area (Å²) < 4.78 is 6.41. The van der Waals surface area contributed by atoms with E-state index < -0.39 is 0 Å². The molecule has 0 unspecified atom stereocenters. The molecule has 0 aliphatic carbocycles. The lowest BCUT2D eigenvalue weighted by atomic mass is 10.2. The predicted octanol–water partition coefficient (Wildman–Crippen LogP) is 2.86. The van der Waals surface area contributed by atoms with Crippen LogP contribution in [0.5, 0.6) is 5.75 Å². The van der Waals surface area contributed by atoms with E-state index >= 15 is 0 Å². The van der Waals surface area contributed by atoms with E-state index in [0.717, 1.165) is 9.32 Å². The van der Waals surface area contributed by atoms with Gasteiger partial charge in [0.1, 0.15) is 11.7 Å². The first-order chi connectivity index (χ1) is 6.27. The van der Waals surface area contributed by atoms with E-state index in [1.807, 2.05) is 18.4 Å². The molecule has 0 amide bonds. The fourth-order valence-corrected chi connectivity index (χ4v) is 1.73. The minimum absolute atomic E-state index is 0.641. The number of nitrogens with zero attached hydrogens (tertiary/aromatic N) is 1. The predicted molar refractivity (Wildman–Crippen MR) is 62.9 cm³/mol. The van der Waals surface area contributed by atoms with Crippen molar-refractivity contribution in [3.8, 4) is 11.8 Å². The molecule has 0 N–H and O–H groups in total. The van der Waals surface area contributed by atoms with E-state index in [4.69, 9.17) is 10.00 Å². The van der Waals surface area contributed by atoms with Crippen molar-refractivity contribution in [2.24, 2.45) is 0 Å². The lowest BCUT2D eigenvalue weighted by Gasteiger charge is -2.05. The molecule has 1 rings (SSSR count). The first kappa shape index (κ1) is 10.7. The highest BCUT2D eigenvalue weighted by atomic mass is 127. The zero-order valence-electron chi connectivity index (χ0n) is 7.08. The summed E-state index contributed by atoms with van der Waals surface area (Å²) in [6.07, 6.45) is 1.98. The molecule has 0 bridgehead atoms. The fourth-order valence-electron chi connectivity index (χ4n) is 0.810. The van der Waals surface area contributed by atoms with E-state index in [1.165, 1.54) is 0 Å². The Balaban J connectivity index is 2.81. The highest BCUT2D eigenvalue weighted by Crippen LogP contribution is 2.22. The Hall–Kier alpha value is -0.410. The Bertz CT molecular complexity index is 335. The Labute approximate surface area is 95.4 Å². The van der Waals surface area contributed by atoms with Gasteiger partial charge < -0.3 is 4.74 Å². The van der Waals surface area contributed by atoms with Crippen molar-refractivity contribution in [1.29, 1.82) is 5.26 Å². The smallest absolute Gasteiger partial charge is 0.134 e. The third kappa shape index (κ3) is 3.08. The van der Waals surface area contributed by atoms with Gasteiger partial charge in [-0.05, 0) is 47.0 Å². The van der Waals surface area contributed by atoms with Gasteiger partial charge in [-0.15, -0.1) is 11.8 Å². The Kier molecular flexibility index (Phi) is 4.39. The quantitative estimate of drug-likeness (QED) is 0.636. The number of rotatable bonds is 3. The van der Waals surface area contributed by atoms with Crippen LogP contribution in [0.2, 0.25) is 0 Å². The minimum Gasteiger partial charge on any atom is -0.482 e. The van der Waals surface area contributed by atoms with Crippen molar-refractivity contribution in [3.05, 3.63) is 27.3 Å². The zero-order valence-corrected chi connectivity index (χ0v) is 10.1. The molecule has 0 heterocycles. The Morgan fingerprint density at radius 1 is 1.62 bits per heavy atom. The van der Waals surface area contributed by atoms with Crippen LogP contribution in [-0.2, 0) is 0 Å². The second-order valence-corrected chi connectivity index (χ2v) is 4.28. The van der Waals surface area contributed by atoms with Crippen molar-refractivity contribution in [2.75, 3.05) is 12.2 Å². The zero-order chi connectivity index (χ0) is 9.68. The number of hydrogen-bond donors (Lipinski definition) is 0. The van der Waals surface area contributed by atoms with Gasteiger partial charge in [-0.1, -0.05) is 0 Å². The van der Waals surface area contributed by atoms with Crippen molar-refractivity contribution >= 4 is 34.4 Å². The van der Waals surface area contributed by atoms with Crippen LogP contribution in [0.25, 0.3) is 0 Å². The second-order valence-electron chi connectivity index (χ2n) is 2.31. The highest BCUT2D eigenvalue weighted by Gasteiger charge is 2.01. The molecule has 0 aromatic heterocycles. The number of benzene rings is 1. The van der Waals surface area contributed by atoms with Gasteiger partial charge in [-0.3, -0.25) is 0 Å². The molecular weight excluding hydrogens is 297 g/mol. The maximum atomic E-state index is 8.63. The molecule has 1 aromatic rings. The van der Waals surface area contributed by atoms with Crippen LogP contribution < -0.4 is 4.74 Å². The van der Waals surface area contributed by atoms with Crippen LogP contribution in [0.15, 0.2) is 18.2 Å². The molecule has 0 spiro atoms. The summed E-state index contributed by atoms with van der Waals surface area (Å²) in [5.74, 6) is 1.48. The van der Waals surface area contributed by atoms with Crippen LogP contribution in [0.1, 0.15) is 5.56 Å². The van der Waals surface area contributed by atoms with Crippen molar-refractivity contribution in [3.63, 3.8) is 0 Å². The summed E-state index contributed by atoms with van der Waals surface area (Å²) in [5, 5.41) is 8.63. The van der Waals surface area contributed by atoms with Crippen molar-refractivity contribution in [1.82, 2.24) is 0 Å². The molecule has 0 fully saturated rings. The summed E-state index contributed by atoms with van der Waals surface area (Å²) in [7, 11) is 0. The molecule has 2 nitrogen and oxygen atoms in total. The SMILES string of the molecule is CSCOc1ccc(C#N)cc1I. The minimum atomic E-state index is 0.641. The molecule has 0 saturated heterocycles. The van der Waals surface area contributed by atoms with Crippen LogP contribution in [-0.4, -0.2) is 12.2 Å². The first-order valence-corrected chi connectivity index (χ1v) is 6.06. The van der Waals surface area contributed by atoms with E-state index in [-0.39, 0.29) is 0 Å². The Morgan fingerprint density at radius 2 is 2.38 bits per heavy atom. The highest BCUT2D eigenvalue weighted by molar-refractivity contribution is 14.1. The topological polar surface area (TPSA) is 33.0 Å². The number of thioether (sulfide) groups is 1. The first-order valence-electron chi connectivity index (χ1n) is 3.59. The lowest BCUT2D eigenvalue weighted by Crippen LogP contribution is -1.94. The number of ether oxygens (including phenoxy) is 1. The van der Waals surface area contributed by atoms with Crippen LogP contribution in [0, 0.1) is 14.9 Å². The molecule has 0 aliphatic heterocycles. The monoisotopic (exact) mass is 305 g/mol. The molecule has 0 radical (unpaired) electrons. The lowest BCUT2D eigenvalue weighted by molar-refractivity contribution is 0.390. The summed E-state index contributed by atoms with van der Waals surface area (Å²) in [5.41, 5.74) is 0.668. The largest absolute Gasteiger partial charge is 0.482 e. The maximum absolute atomic E-state index is 8.63. The van der Waals surface area contributed by atoms with Crippen molar-refractivity contribution in [2.45, 2.75) is 0 Å². The number of halogens is 1. The van der Waals surface area contributed by atoms with Gasteiger partial charge in [0.15, 0.2) is 0 Å². The normalized spacial score (nSPS) is 9.31. The Morgan fingerprint density at radius 3 is 2.92 bits per heavy atom. The average Bonchev–Trinajstić information content (AvgIpc) is 2.16. The van der Waals surface area contributed by atoms with E-state index in [1.54, 1.807) is 17.8 Å². The van der Waals surface area contributed by atoms with Gasteiger partial charge in [0, 0.05) is 0 Å². The third-order valence-electron chi connectivity index (χ3n) is 1.39. The third-order valence-corrected chi connectivity index (χ3v) is 2.59. The van der Waals surface area contributed by atoms with Crippen LogP contribution in [0.4, 0.5) is 0 Å². The van der Waals surface area contributed by atoms with Crippen LogP contribution >= 0.6 is 34.4 Å². The van der Waals surface area contributed by atoms with Gasteiger partial charge in [-0.2, -0.15) is 5.26 Å². The van der Waals surface area contributed by atoms with Crippen LogP contribution in [0.3, 0.4) is 0 Å². The van der Waals surface area contributed by atoms with Gasteiger partial charge in [-0.25, -0.2) is 0 Å². The van der Waals surface area contributed by atoms with Gasteiger partial charge in [0.25, 0.3) is 0 Å². The molecule has 0 aliphatic rings. The van der Waals surface area contributed by atoms with E-state index in [0.29, 0.717) is 11.5 Å². The molecule has 1 aromatic carbocycles. The summed E-state index contributed by atoms with van der Waals surface area (Å²) in [6.45, 7) is 0. The molecule has 13 heavy (non-hydrogen) atoms. The van der Waals surface area contributed by atoms with Crippen molar-refractivity contribution < 1.29 is 4.74 Å². The molecular formula is C9H8INOS. The van der Waals surface area contributed by atoms with Gasteiger partial charge in [0.2, 0.25) is 0 Å². The number of nitriles is 1. The maximum Gasteiger partial charge on any atom is 0.134 e. The second kappa shape index (κ2) is 5.35. The number of hydrogen-bond acceptors (Lipinski definition) is 3. The average molecular weight is 305 g/mol. The molecule has 0 atom stereocenters. The summed E-state index contributed by atoms with van der Waals surface area (Å²) >= 11 is 3.79. The molecule has 68 valence electrons. The molecule has 4 heteroatoms. The fraction of sp³-hybridized carbons (Fsp3) is 0.222.